The maximum Gasteiger partial charge on any atom is 0.257 e. The van der Waals surface area contributed by atoms with Crippen molar-refractivity contribution in [3.63, 3.8) is 0 Å². The van der Waals surface area contributed by atoms with E-state index < -0.39 is 0 Å². The average Bonchev–Trinajstić information content (AvgIpc) is 3.15. The number of carbonyl (C=O) groups is 2. The van der Waals surface area contributed by atoms with E-state index in [1.54, 1.807) is 29.6 Å². The maximum absolute atomic E-state index is 12.8. The molecule has 0 aromatic carbocycles. The molecule has 7 nitrogen and oxygen atoms in total. The molecule has 2 bridgehead atoms. The molecule has 0 N–H and O–H groups in total. The lowest BCUT2D eigenvalue weighted by Gasteiger charge is -2.35. The smallest absolute Gasteiger partial charge is 0.257 e. The zero-order valence-electron chi connectivity index (χ0n) is 13.5. The summed E-state index contributed by atoms with van der Waals surface area (Å²) in [7, 11) is 1.79. The first kappa shape index (κ1) is 15.3. The molecule has 3 aliphatic rings. The van der Waals surface area contributed by atoms with E-state index in [-0.39, 0.29) is 23.8 Å². The highest BCUT2D eigenvalue weighted by Gasteiger charge is 2.42. The fraction of sp³-hybridized carbons (Fsp3) is 0.500. The van der Waals surface area contributed by atoms with Gasteiger partial charge in [-0.25, -0.2) is 4.98 Å². The first-order valence-corrected chi connectivity index (χ1v) is 9.01. The van der Waals surface area contributed by atoms with Gasteiger partial charge in [0.1, 0.15) is 0 Å². The minimum Gasteiger partial charge on any atom is -0.336 e. The van der Waals surface area contributed by atoms with E-state index >= 15 is 0 Å². The first-order valence-electron chi connectivity index (χ1n) is 8.07. The second kappa shape index (κ2) is 6.01. The number of nitrogens with zero attached hydrogens (tertiary/aromatic N) is 5. The van der Waals surface area contributed by atoms with Gasteiger partial charge in [-0.2, -0.15) is 5.10 Å². The first-order chi connectivity index (χ1) is 11.6. The van der Waals surface area contributed by atoms with Gasteiger partial charge in [-0.15, -0.1) is 11.3 Å². The van der Waals surface area contributed by atoms with Crippen molar-refractivity contribution in [1.29, 1.82) is 0 Å². The zero-order chi connectivity index (χ0) is 16.7. The van der Waals surface area contributed by atoms with Crippen molar-refractivity contribution in [3.8, 4) is 0 Å². The molecule has 2 unspecified atom stereocenters. The van der Waals surface area contributed by atoms with Crippen LogP contribution in [0.15, 0.2) is 23.3 Å². The SMILES string of the molecule is Cn1cc(C(=O)N2CC3CCC(C2)N(Cc2cscn2)C3=O)cn1. The Morgan fingerprint density at radius 2 is 2.25 bits per heavy atom. The van der Waals surface area contributed by atoms with Gasteiger partial charge in [-0.05, 0) is 12.8 Å². The normalized spacial score (nSPS) is 23.6. The Morgan fingerprint density at radius 3 is 2.96 bits per heavy atom. The Labute approximate surface area is 143 Å². The van der Waals surface area contributed by atoms with E-state index in [0.29, 0.717) is 25.2 Å². The molecule has 2 aromatic heterocycles. The number of piperidine rings is 1. The van der Waals surface area contributed by atoms with Crippen LogP contribution in [0.4, 0.5) is 0 Å². The molecule has 3 fully saturated rings. The minimum absolute atomic E-state index is 0.0386. The van der Waals surface area contributed by atoms with Gasteiger partial charge in [0, 0.05) is 37.8 Å². The number of aromatic nitrogens is 3. The fourth-order valence-corrected chi connectivity index (χ4v) is 4.17. The summed E-state index contributed by atoms with van der Waals surface area (Å²) in [5.74, 6) is 0.00653. The molecule has 2 atom stereocenters. The van der Waals surface area contributed by atoms with Crippen molar-refractivity contribution in [2.45, 2.75) is 25.4 Å². The van der Waals surface area contributed by atoms with E-state index in [0.717, 1.165) is 18.5 Å². The third-order valence-corrected chi connectivity index (χ3v) is 5.48. The number of amides is 2. The molecule has 0 aliphatic carbocycles. The number of aryl methyl sites for hydroxylation is 1. The molecular formula is C16H19N5O2S. The number of thiazole rings is 1. The number of rotatable bonds is 3. The largest absolute Gasteiger partial charge is 0.336 e. The quantitative estimate of drug-likeness (QED) is 0.836. The lowest BCUT2D eigenvalue weighted by molar-refractivity contribution is -0.140. The number of hydrogen-bond acceptors (Lipinski definition) is 5. The van der Waals surface area contributed by atoms with Gasteiger partial charge in [-0.1, -0.05) is 0 Å². The molecule has 2 amide bonds. The molecule has 0 radical (unpaired) electrons. The number of hydrogen-bond donors (Lipinski definition) is 0. The van der Waals surface area contributed by atoms with E-state index in [9.17, 15) is 9.59 Å². The van der Waals surface area contributed by atoms with Gasteiger partial charge in [0.15, 0.2) is 0 Å². The Kier molecular flexibility index (Phi) is 3.84. The van der Waals surface area contributed by atoms with Crippen LogP contribution in [0.5, 0.6) is 0 Å². The Morgan fingerprint density at radius 1 is 1.38 bits per heavy atom. The van der Waals surface area contributed by atoms with E-state index in [4.69, 9.17) is 0 Å². The van der Waals surface area contributed by atoms with Gasteiger partial charge in [0.2, 0.25) is 5.91 Å². The zero-order valence-corrected chi connectivity index (χ0v) is 14.3. The summed E-state index contributed by atoms with van der Waals surface area (Å²) in [5, 5.41) is 6.05. The molecule has 0 saturated carbocycles. The molecule has 3 aliphatic heterocycles. The van der Waals surface area contributed by atoms with Crippen molar-refractivity contribution >= 4 is 23.2 Å². The molecule has 8 heteroatoms. The third kappa shape index (κ3) is 2.71. The number of carbonyl (C=O) groups excluding carboxylic acids is 2. The third-order valence-electron chi connectivity index (χ3n) is 4.85. The van der Waals surface area contributed by atoms with Crippen LogP contribution in [0, 0.1) is 5.92 Å². The topological polar surface area (TPSA) is 71.3 Å². The summed E-state index contributed by atoms with van der Waals surface area (Å²) in [6.07, 6.45) is 5.11. The standard InChI is InChI=1S/C16H19N5O2S/c1-19-5-12(4-18-19)15(22)20-6-11-2-3-14(8-20)21(16(11)23)7-13-9-24-10-17-13/h4-5,9-11,14H,2-3,6-8H2,1H3. The summed E-state index contributed by atoms with van der Waals surface area (Å²) < 4.78 is 1.62. The van der Waals surface area contributed by atoms with E-state index in [1.165, 1.54) is 11.3 Å². The maximum atomic E-state index is 12.8. The molecule has 3 saturated heterocycles. The summed E-state index contributed by atoms with van der Waals surface area (Å²) in [6, 6.07) is 0.0681. The van der Waals surface area contributed by atoms with Crippen LogP contribution < -0.4 is 0 Å². The Hall–Kier alpha value is -2.22. The molecular weight excluding hydrogens is 326 g/mol. The van der Waals surface area contributed by atoms with Crippen molar-refractivity contribution in [2.24, 2.45) is 13.0 Å². The van der Waals surface area contributed by atoms with E-state index in [1.807, 2.05) is 15.2 Å². The van der Waals surface area contributed by atoms with Crippen LogP contribution in [0.1, 0.15) is 28.9 Å². The summed E-state index contributed by atoms with van der Waals surface area (Å²) in [5.41, 5.74) is 3.29. The number of fused-ring (bicyclic) bond motifs is 4. The lowest BCUT2D eigenvalue weighted by Crippen LogP contribution is -2.47. The summed E-state index contributed by atoms with van der Waals surface area (Å²) in [4.78, 5) is 33.6. The second-order valence-electron chi connectivity index (χ2n) is 6.49. The van der Waals surface area contributed by atoms with Gasteiger partial charge in [0.05, 0.1) is 35.4 Å². The highest BCUT2D eigenvalue weighted by Crippen LogP contribution is 2.31. The molecule has 5 heterocycles. The highest BCUT2D eigenvalue weighted by molar-refractivity contribution is 7.07. The van der Waals surface area contributed by atoms with Crippen LogP contribution in [0.3, 0.4) is 0 Å². The second-order valence-corrected chi connectivity index (χ2v) is 7.21. The van der Waals surface area contributed by atoms with Crippen LogP contribution >= 0.6 is 11.3 Å². The predicted molar refractivity (Wildman–Crippen MR) is 88.3 cm³/mol. The van der Waals surface area contributed by atoms with Gasteiger partial charge in [-0.3, -0.25) is 14.3 Å². The monoisotopic (exact) mass is 345 g/mol. The van der Waals surface area contributed by atoms with Crippen LogP contribution in [-0.2, 0) is 18.4 Å². The molecule has 0 spiro atoms. The molecule has 24 heavy (non-hydrogen) atoms. The van der Waals surface area contributed by atoms with Crippen molar-refractivity contribution in [1.82, 2.24) is 24.6 Å². The Balaban J connectivity index is 1.55. The van der Waals surface area contributed by atoms with E-state index in [2.05, 4.69) is 10.1 Å². The van der Waals surface area contributed by atoms with Gasteiger partial charge in [0.25, 0.3) is 5.91 Å². The molecule has 2 aromatic rings. The minimum atomic E-state index is -0.108. The Bertz CT molecular complexity index is 756. The summed E-state index contributed by atoms with van der Waals surface area (Å²) >= 11 is 1.54. The van der Waals surface area contributed by atoms with Crippen molar-refractivity contribution in [3.05, 3.63) is 34.5 Å². The fourth-order valence-electron chi connectivity index (χ4n) is 3.62. The van der Waals surface area contributed by atoms with Gasteiger partial charge >= 0.3 is 0 Å². The van der Waals surface area contributed by atoms with Crippen molar-refractivity contribution < 1.29 is 9.59 Å². The lowest BCUT2D eigenvalue weighted by atomic mass is 9.94. The highest BCUT2D eigenvalue weighted by atomic mass is 32.1. The average molecular weight is 345 g/mol. The van der Waals surface area contributed by atoms with Crippen LogP contribution in [-0.4, -0.2) is 55.5 Å². The predicted octanol–water partition coefficient (Wildman–Crippen LogP) is 1.14. The van der Waals surface area contributed by atoms with Crippen LogP contribution in [0.25, 0.3) is 0 Å². The van der Waals surface area contributed by atoms with Crippen LogP contribution in [0.2, 0.25) is 0 Å². The van der Waals surface area contributed by atoms with Crippen molar-refractivity contribution in [2.75, 3.05) is 13.1 Å². The summed E-state index contributed by atoms with van der Waals surface area (Å²) in [6.45, 7) is 1.62. The van der Waals surface area contributed by atoms with Gasteiger partial charge < -0.3 is 9.80 Å². The molecule has 5 rings (SSSR count). The molecule has 126 valence electrons.